The topological polar surface area (TPSA) is 0 Å². The SMILES string of the molecule is CCC[Si]C.C[Si](C)(C)c1ccc(-c2cccc3[cH-]c(CC45CCC(CC4)C5)cc23)cc1.C[Si](C)(C)c1ccc(-c2cccc3[cH-]c(CC45CCC(CC4)C5)cc23)cc1.[Cl][Zr+2][Cl]. The Morgan fingerprint density at radius 1 is 0.597 bits per heavy atom. The van der Waals surface area contributed by atoms with Crippen molar-refractivity contribution < 1.29 is 20.8 Å². The van der Waals surface area contributed by atoms with Gasteiger partial charge in [-0.3, -0.25) is 0 Å². The number of benzene rings is 4. The van der Waals surface area contributed by atoms with Gasteiger partial charge in [0.25, 0.3) is 0 Å². The van der Waals surface area contributed by atoms with Crippen LogP contribution in [0.1, 0.15) is 88.7 Å². The van der Waals surface area contributed by atoms with Gasteiger partial charge in [0.05, 0.1) is 16.1 Å². The zero-order chi connectivity index (χ0) is 44.1. The summed E-state index contributed by atoms with van der Waals surface area (Å²) < 4.78 is 0. The standard InChI is InChI=1S/2C26H31Si.C4H10Si.2ClH.Zr/c2*1-27(2,3)23-9-7-21(8-10-23)24-6-4-5-22-15-20(16-25(22)24)18-26-13-11-19(17-26)12-14-26;1-3-4-5-2;;;/h2*4-10,15-16,19H,11-14,17-18H2,1-3H3;3-4H2,1-2H3;2*1H;/q2*-1;;;;+4/p-2. The monoisotopic (exact) mass is 988 g/mol. The van der Waals surface area contributed by atoms with Crippen LogP contribution < -0.4 is 10.4 Å². The van der Waals surface area contributed by atoms with E-state index in [9.17, 15) is 0 Å². The Morgan fingerprint density at radius 2 is 0.968 bits per heavy atom. The molecule has 0 N–H and O–H groups in total. The molecule has 4 saturated carbocycles. The summed E-state index contributed by atoms with van der Waals surface area (Å²) in [6.45, 7) is 19.0. The van der Waals surface area contributed by atoms with Crippen molar-refractivity contribution in [2.45, 2.75) is 142 Å². The van der Waals surface area contributed by atoms with E-state index in [2.05, 4.69) is 162 Å². The Bertz CT molecular complexity index is 2180. The fraction of sp³-hybridized carbons (Fsp3) is 0.464. The Hall–Kier alpha value is -1.79. The first-order chi connectivity index (χ1) is 29.7. The van der Waals surface area contributed by atoms with Crippen molar-refractivity contribution in [1.29, 1.82) is 0 Å². The summed E-state index contributed by atoms with van der Waals surface area (Å²) in [5.74, 6) is 2.07. The zero-order valence-electron chi connectivity index (χ0n) is 39.2. The van der Waals surface area contributed by atoms with Crippen molar-refractivity contribution in [3.63, 3.8) is 0 Å². The number of fused-ring (bicyclic) bond motifs is 6. The van der Waals surface area contributed by atoms with Gasteiger partial charge in [-0.2, -0.15) is 12.1 Å². The van der Waals surface area contributed by atoms with Gasteiger partial charge in [-0.1, -0.05) is 147 Å². The predicted molar refractivity (Wildman–Crippen MR) is 280 cm³/mol. The van der Waals surface area contributed by atoms with E-state index >= 15 is 0 Å². The molecule has 6 heteroatoms. The molecule has 2 radical (unpaired) electrons. The van der Waals surface area contributed by atoms with E-state index < -0.39 is 37.0 Å². The van der Waals surface area contributed by atoms with Gasteiger partial charge in [0.1, 0.15) is 0 Å². The molecule has 0 unspecified atom stereocenters. The van der Waals surface area contributed by atoms with Gasteiger partial charge in [-0.05, 0) is 111 Å². The fourth-order valence-corrected chi connectivity index (χ4v) is 14.7. The molecule has 326 valence electrons. The number of halogens is 2. The van der Waals surface area contributed by atoms with E-state index in [-0.39, 0.29) is 0 Å². The van der Waals surface area contributed by atoms with Crippen molar-refractivity contribution in [2.24, 2.45) is 22.7 Å². The molecule has 0 saturated heterocycles. The first-order valence-corrected chi connectivity index (χ1v) is 38.9. The first kappa shape index (κ1) is 48.2. The van der Waals surface area contributed by atoms with Crippen LogP contribution in [0.25, 0.3) is 43.8 Å². The van der Waals surface area contributed by atoms with Gasteiger partial charge < -0.3 is 0 Å². The Labute approximate surface area is 399 Å². The van der Waals surface area contributed by atoms with Crippen LogP contribution in [0.3, 0.4) is 0 Å². The molecule has 4 bridgehead atoms. The maximum atomic E-state index is 4.93. The number of hydrogen-bond acceptors (Lipinski definition) is 0. The first-order valence-electron chi connectivity index (χ1n) is 23.9. The summed E-state index contributed by atoms with van der Waals surface area (Å²) in [7, 11) is 8.55. The Morgan fingerprint density at radius 3 is 1.24 bits per heavy atom. The van der Waals surface area contributed by atoms with Crippen LogP contribution in [0.15, 0.2) is 109 Å². The van der Waals surface area contributed by atoms with Crippen LogP contribution in [0.5, 0.6) is 0 Å². The van der Waals surface area contributed by atoms with Crippen LogP contribution in [0.4, 0.5) is 0 Å². The normalized spacial score (nSPS) is 22.4. The Kier molecular flexibility index (Phi) is 16.2. The van der Waals surface area contributed by atoms with Gasteiger partial charge in [0, 0.05) is 9.52 Å². The summed E-state index contributed by atoms with van der Waals surface area (Å²) in [6, 6.07) is 43.8. The molecule has 62 heavy (non-hydrogen) atoms. The number of rotatable bonds is 10. The minimum absolute atomic E-state index is 0.633. The van der Waals surface area contributed by atoms with Crippen molar-refractivity contribution in [2.75, 3.05) is 0 Å². The van der Waals surface area contributed by atoms with Gasteiger partial charge in [0.15, 0.2) is 0 Å². The molecule has 10 rings (SSSR count). The van der Waals surface area contributed by atoms with Gasteiger partial charge >= 0.3 is 37.9 Å². The molecule has 0 aliphatic heterocycles. The second kappa shape index (κ2) is 20.8. The van der Waals surface area contributed by atoms with Gasteiger partial charge in [-0.25, -0.2) is 0 Å². The molecule has 6 aromatic rings. The molecular weight excluding hydrogens is 919 g/mol. The summed E-state index contributed by atoms with van der Waals surface area (Å²) >= 11 is -0.826. The summed E-state index contributed by atoms with van der Waals surface area (Å²) in [4.78, 5) is 0. The van der Waals surface area contributed by atoms with E-state index in [0.29, 0.717) is 10.8 Å². The predicted octanol–water partition coefficient (Wildman–Crippen LogP) is 16.7. The average molecular weight is 992 g/mol. The molecule has 0 atom stereocenters. The van der Waals surface area contributed by atoms with Crippen molar-refractivity contribution in [1.82, 2.24) is 0 Å². The third kappa shape index (κ3) is 11.6. The Balaban J connectivity index is 0.000000159. The maximum absolute atomic E-state index is 4.93. The van der Waals surface area contributed by atoms with Crippen LogP contribution in [-0.4, -0.2) is 25.7 Å². The van der Waals surface area contributed by atoms with Crippen LogP contribution >= 0.6 is 17.0 Å². The second-order valence-electron chi connectivity index (χ2n) is 21.8. The molecule has 6 aromatic carbocycles. The summed E-state index contributed by atoms with van der Waals surface area (Å²) in [6.07, 6.45) is 18.7. The van der Waals surface area contributed by atoms with Crippen molar-refractivity contribution >= 4 is 74.6 Å². The van der Waals surface area contributed by atoms with Gasteiger partial charge in [-0.15, -0.1) is 69.1 Å². The molecule has 0 spiro atoms. The van der Waals surface area contributed by atoms with E-state index in [1.165, 1.54) is 144 Å². The average Bonchev–Trinajstić information content (AvgIpc) is 4.12. The quantitative estimate of drug-likeness (QED) is 0.0948. The third-order valence-electron chi connectivity index (χ3n) is 15.2. The molecule has 0 nitrogen and oxygen atoms in total. The number of hydrogen-bond donors (Lipinski definition) is 0. The molecule has 4 aliphatic carbocycles. The summed E-state index contributed by atoms with van der Waals surface area (Å²) in [5, 5.41) is 8.80. The van der Waals surface area contributed by atoms with Crippen LogP contribution in [0.2, 0.25) is 51.9 Å². The van der Waals surface area contributed by atoms with Crippen molar-refractivity contribution in [3.8, 4) is 22.3 Å². The van der Waals surface area contributed by atoms with Gasteiger partial charge in [0.2, 0.25) is 0 Å². The van der Waals surface area contributed by atoms with E-state index in [1.54, 1.807) is 11.1 Å². The zero-order valence-corrected chi connectivity index (χ0v) is 46.2. The molecular formula is C56H72Cl2Si3Zr. The minimum atomic E-state index is -1.24. The van der Waals surface area contributed by atoms with Crippen LogP contribution in [0, 0.1) is 22.7 Å². The van der Waals surface area contributed by atoms with E-state index in [1.807, 2.05) is 0 Å². The fourth-order valence-electron chi connectivity index (χ4n) is 11.8. The molecule has 4 aliphatic rings. The molecule has 0 aromatic heterocycles. The molecule has 4 fully saturated rings. The van der Waals surface area contributed by atoms with Crippen molar-refractivity contribution in [3.05, 3.63) is 120 Å². The van der Waals surface area contributed by atoms with E-state index in [4.69, 9.17) is 17.0 Å². The molecule has 0 amide bonds. The van der Waals surface area contributed by atoms with E-state index in [0.717, 1.165) is 21.4 Å². The molecule has 0 heterocycles. The summed E-state index contributed by atoms with van der Waals surface area (Å²) in [5.41, 5.74) is 9.92. The second-order valence-corrected chi connectivity index (χ2v) is 36.9. The third-order valence-corrected chi connectivity index (χ3v) is 20.3. The van der Waals surface area contributed by atoms with Crippen LogP contribution in [-0.2, 0) is 33.7 Å².